The molecule has 368 valence electrons. The molecule has 0 saturated carbocycles. The maximum Gasteiger partial charge on any atom is 0.0714 e. The molecule has 76 heavy (non-hydrogen) atoms. The van der Waals surface area contributed by atoms with Crippen molar-refractivity contribution in [2.24, 2.45) is 0 Å². The van der Waals surface area contributed by atoms with Crippen LogP contribution in [0.1, 0.15) is 98.5 Å². The van der Waals surface area contributed by atoms with Crippen molar-refractivity contribution in [1.82, 2.24) is 0 Å². The summed E-state index contributed by atoms with van der Waals surface area (Å²) in [5.74, 6) is 0. The van der Waals surface area contributed by atoms with Gasteiger partial charge in [0.25, 0.3) is 0 Å². The van der Waals surface area contributed by atoms with Crippen LogP contribution in [0, 0.1) is 0 Å². The van der Waals surface area contributed by atoms with Crippen molar-refractivity contribution in [2.45, 2.75) is 70.1 Å². The van der Waals surface area contributed by atoms with E-state index in [2.05, 4.69) is 308 Å². The first-order valence-corrected chi connectivity index (χ1v) is 27.1. The Balaban J connectivity index is 1.12. The third-order valence-electron chi connectivity index (χ3n) is 16.9. The Morgan fingerprint density at radius 2 is 0.803 bits per heavy atom. The second kappa shape index (κ2) is 17.8. The Morgan fingerprint density at radius 1 is 0.329 bits per heavy atom. The average molecular weight is 978 g/mol. The molecule has 11 aromatic rings. The van der Waals surface area contributed by atoms with E-state index >= 15 is 0 Å². The van der Waals surface area contributed by atoms with E-state index in [-0.39, 0.29) is 16.2 Å². The number of nitrogens with zero attached hydrogens (tertiary/aromatic N) is 1. The van der Waals surface area contributed by atoms with E-state index in [1.54, 1.807) is 0 Å². The Kier molecular flexibility index (Phi) is 11.1. The highest BCUT2D eigenvalue weighted by Crippen LogP contribution is 2.60. The fraction of sp³-hybridized carbons (Fsp3) is 0.147. The average Bonchev–Trinajstić information content (AvgIpc) is 4.05. The SMILES string of the molecule is CC(C)(C)c1cc(-c2cccc3cccc(-c4ccccc4N(c4ccc5c(c4)C(c4ccccc4)(c4ccccc4)c4ccccc4-5)c4cccc5c4-c4ccccc4C5(C)c4ccccc4)c23)cc(C(C)(C)C)c1. The number of hydrogen-bond acceptors (Lipinski definition) is 1. The van der Waals surface area contributed by atoms with E-state index in [1.165, 1.54) is 105 Å². The third-order valence-corrected chi connectivity index (χ3v) is 16.9. The fourth-order valence-corrected chi connectivity index (χ4v) is 13.1. The smallest absolute Gasteiger partial charge is 0.0714 e. The zero-order valence-electron chi connectivity index (χ0n) is 44.7. The number of rotatable bonds is 8. The van der Waals surface area contributed by atoms with Gasteiger partial charge in [-0.15, -0.1) is 0 Å². The third kappa shape index (κ3) is 7.27. The molecule has 0 fully saturated rings. The van der Waals surface area contributed by atoms with Crippen LogP contribution in [0.2, 0.25) is 0 Å². The van der Waals surface area contributed by atoms with E-state index in [0.717, 1.165) is 17.1 Å². The van der Waals surface area contributed by atoms with Crippen LogP contribution < -0.4 is 4.90 Å². The van der Waals surface area contributed by atoms with E-state index in [1.807, 2.05) is 0 Å². The van der Waals surface area contributed by atoms with Gasteiger partial charge in [-0.3, -0.25) is 0 Å². The Morgan fingerprint density at radius 3 is 1.43 bits per heavy atom. The molecule has 0 N–H and O–H groups in total. The first kappa shape index (κ1) is 47.2. The van der Waals surface area contributed by atoms with Crippen LogP contribution in [0.5, 0.6) is 0 Å². The molecule has 11 aromatic carbocycles. The lowest BCUT2D eigenvalue weighted by atomic mass is 9.67. The van der Waals surface area contributed by atoms with Gasteiger partial charge < -0.3 is 4.90 Å². The van der Waals surface area contributed by atoms with Crippen LogP contribution in [-0.4, -0.2) is 0 Å². The zero-order valence-corrected chi connectivity index (χ0v) is 44.7. The highest BCUT2D eigenvalue weighted by atomic mass is 15.1. The van der Waals surface area contributed by atoms with Gasteiger partial charge in [-0.2, -0.15) is 0 Å². The second-order valence-corrected chi connectivity index (χ2v) is 23.4. The molecule has 0 spiro atoms. The number of anilines is 3. The van der Waals surface area contributed by atoms with Crippen molar-refractivity contribution >= 4 is 27.8 Å². The maximum atomic E-state index is 2.60. The van der Waals surface area contributed by atoms with Gasteiger partial charge in [0.2, 0.25) is 0 Å². The molecule has 0 heterocycles. The molecule has 1 nitrogen and oxygen atoms in total. The van der Waals surface area contributed by atoms with Gasteiger partial charge in [0.05, 0.1) is 16.8 Å². The van der Waals surface area contributed by atoms with Crippen molar-refractivity contribution in [3.05, 3.63) is 305 Å². The first-order valence-electron chi connectivity index (χ1n) is 27.1. The highest BCUT2D eigenvalue weighted by Gasteiger charge is 2.47. The monoisotopic (exact) mass is 977 g/mol. The number of fused-ring (bicyclic) bond motifs is 7. The standard InChI is InChI=1S/C75H63N/c1-72(2,3)55-46-51(47-56(48-55)73(4,5)6)58-37-23-26-50-27-24-38-62(70(50)58)61-35-19-22-42-68(61)76(69-43-25-41-66-71(69)63-36-18-20-39-64(63)74(66,7)52-28-11-8-12-29-52)57-44-45-60-59-34-17-21-40-65(59)75(67(60)49-57,53-30-13-9-14-31-53)54-32-15-10-16-33-54/h8-49H,1-7H3. The topological polar surface area (TPSA) is 3.24 Å². The molecular weight excluding hydrogens is 915 g/mol. The Labute approximate surface area is 449 Å². The zero-order chi connectivity index (χ0) is 52.0. The second-order valence-electron chi connectivity index (χ2n) is 23.4. The summed E-state index contributed by atoms with van der Waals surface area (Å²) in [6.45, 7) is 16.4. The van der Waals surface area contributed by atoms with Crippen LogP contribution in [0.25, 0.3) is 55.3 Å². The summed E-state index contributed by atoms with van der Waals surface area (Å²) in [6, 6.07) is 96.3. The van der Waals surface area contributed by atoms with Crippen LogP contribution in [0.4, 0.5) is 17.1 Å². The van der Waals surface area contributed by atoms with Gasteiger partial charge in [-0.05, 0) is 136 Å². The van der Waals surface area contributed by atoms with Crippen molar-refractivity contribution < 1.29 is 0 Å². The number of benzene rings is 11. The Bertz CT molecular complexity index is 3940. The lowest BCUT2D eigenvalue weighted by Gasteiger charge is -2.35. The molecule has 1 unspecified atom stereocenters. The Hall–Kier alpha value is -8.52. The van der Waals surface area contributed by atoms with Gasteiger partial charge >= 0.3 is 0 Å². The van der Waals surface area contributed by atoms with E-state index in [0.29, 0.717) is 0 Å². The summed E-state index contributed by atoms with van der Waals surface area (Å²) in [6.07, 6.45) is 0. The van der Waals surface area contributed by atoms with Gasteiger partial charge in [0, 0.05) is 22.2 Å². The molecule has 1 heteroatoms. The highest BCUT2D eigenvalue weighted by molar-refractivity contribution is 6.10. The predicted molar refractivity (Wildman–Crippen MR) is 322 cm³/mol. The van der Waals surface area contributed by atoms with Crippen molar-refractivity contribution in [2.75, 3.05) is 4.90 Å². The van der Waals surface area contributed by atoms with Crippen molar-refractivity contribution in [3.8, 4) is 44.5 Å². The molecule has 0 saturated heterocycles. The minimum Gasteiger partial charge on any atom is -0.309 e. The quantitative estimate of drug-likeness (QED) is 0.147. The molecule has 0 amide bonds. The van der Waals surface area contributed by atoms with Crippen LogP contribution in [0.3, 0.4) is 0 Å². The van der Waals surface area contributed by atoms with Crippen molar-refractivity contribution in [1.29, 1.82) is 0 Å². The fourth-order valence-electron chi connectivity index (χ4n) is 13.1. The van der Waals surface area contributed by atoms with Crippen molar-refractivity contribution in [3.63, 3.8) is 0 Å². The summed E-state index contributed by atoms with van der Waals surface area (Å²) >= 11 is 0. The van der Waals surface area contributed by atoms with Crippen LogP contribution >= 0.6 is 0 Å². The van der Waals surface area contributed by atoms with Gasteiger partial charge in [0.15, 0.2) is 0 Å². The molecule has 0 aromatic heterocycles. The number of hydrogen-bond donors (Lipinski definition) is 0. The molecule has 0 aliphatic heterocycles. The molecule has 0 bridgehead atoms. The van der Waals surface area contributed by atoms with Gasteiger partial charge in [-0.25, -0.2) is 0 Å². The normalized spacial score (nSPS) is 15.2. The van der Waals surface area contributed by atoms with Gasteiger partial charge in [0.1, 0.15) is 0 Å². The summed E-state index contributed by atoms with van der Waals surface area (Å²) in [5, 5.41) is 2.47. The van der Waals surface area contributed by atoms with Gasteiger partial charge in [-0.1, -0.05) is 272 Å². The summed E-state index contributed by atoms with van der Waals surface area (Å²) in [7, 11) is 0. The summed E-state index contributed by atoms with van der Waals surface area (Å²) in [5.41, 5.74) is 23.9. The van der Waals surface area contributed by atoms with Crippen LogP contribution in [0.15, 0.2) is 255 Å². The maximum absolute atomic E-state index is 2.60. The predicted octanol–water partition coefficient (Wildman–Crippen LogP) is 19.9. The molecule has 2 aliphatic rings. The van der Waals surface area contributed by atoms with E-state index in [4.69, 9.17) is 0 Å². The summed E-state index contributed by atoms with van der Waals surface area (Å²) < 4.78 is 0. The molecular formula is C75H63N. The molecule has 2 aliphatic carbocycles. The lowest BCUT2D eigenvalue weighted by molar-refractivity contribution is 0.569. The minimum absolute atomic E-state index is 0.0302. The molecule has 13 rings (SSSR count). The van der Waals surface area contributed by atoms with E-state index in [9.17, 15) is 0 Å². The minimum atomic E-state index is -0.579. The largest absolute Gasteiger partial charge is 0.309 e. The molecule has 0 radical (unpaired) electrons. The summed E-state index contributed by atoms with van der Waals surface area (Å²) in [4.78, 5) is 2.60. The molecule has 1 atom stereocenters. The lowest BCUT2D eigenvalue weighted by Crippen LogP contribution is -2.28. The first-order chi connectivity index (χ1) is 36.9. The van der Waals surface area contributed by atoms with Crippen LogP contribution in [-0.2, 0) is 21.7 Å². The number of para-hydroxylation sites is 1. The van der Waals surface area contributed by atoms with E-state index < -0.39 is 5.41 Å².